The van der Waals surface area contributed by atoms with E-state index in [-0.39, 0.29) is 5.60 Å². The van der Waals surface area contributed by atoms with E-state index in [4.69, 9.17) is 9.47 Å². The van der Waals surface area contributed by atoms with Gasteiger partial charge in [-0.1, -0.05) is 34.1 Å². The molecule has 109 valence electrons. The molecule has 0 heterocycles. The third-order valence-electron chi connectivity index (χ3n) is 2.64. The summed E-state index contributed by atoms with van der Waals surface area (Å²) in [6.45, 7) is 17.6. The number of ether oxygens (including phenoxy) is 2. The molecule has 0 fully saturated rings. The lowest BCUT2D eigenvalue weighted by atomic mass is 10.0. The Kier molecular flexibility index (Phi) is 8.13. The van der Waals surface area contributed by atoms with Gasteiger partial charge >= 0.3 is 0 Å². The minimum absolute atomic E-state index is 0.181. The van der Waals surface area contributed by atoms with Crippen molar-refractivity contribution in [2.45, 2.75) is 85.0 Å². The molecule has 1 radical (unpaired) electrons. The van der Waals surface area contributed by atoms with Gasteiger partial charge in [0.15, 0.2) is 5.79 Å². The molecule has 0 aliphatic rings. The Morgan fingerprint density at radius 1 is 1.11 bits per heavy atom. The van der Waals surface area contributed by atoms with Crippen LogP contribution in [0.4, 0.5) is 0 Å². The topological polar surface area (TPSA) is 18.5 Å². The largest absolute Gasteiger partial charge is 0.350 e. The molecule has 0 saturated carbocycles. The summed E-state index contributed by atoms with van der Waals surface area (Å²) in [5.41, 5.74) is -0.181. The van der Waals surface area contributed by atoms with E-state index in [0.717, 1.165) is 38.7 Å². The van der Waals surface area contributed by atoms with Crippen LogP contribution < -0.4 is 0 Å². The molecule has 0 aromatic heterocycles. The Morgan fingerprint density at radius 3 is 2.11 bits per heavy atom. The second-order valence-electron chi connectivity index (χ2n) is 6.54. The summed E-state index contributed by atoms with van der Waals surface area (Å²) in [4.78, 5) is 0. The van der Waals surface area contributed by atoms with Crippen molar-refractivity contribution in [3.05, 3.63) is 6.92 Å². The van der Waals surface area contributed by atoms with Crippen molar-refractivity contribution in [1.82, 2.24) is 0 Å². The van der Waals surface area contributed by atoms with Crippen molar-refractivity contribution in [3.8, 4) is 0 Å². The minimum atomic E-state index is -0.444. The van der Waals surface area contributed by atoms with E-state index in [2.05, 4.69) is 48.5 Å². The smallest absolute Gasteiger partial charge is 0.168 e. The van der Waals surface area contributed by atoms with E-state index < -0.39 is 5.79 Å². The Hall–Kier alpha value is -0.0800. The molecule has 0 aliphatic heterocycles. The SMILES string of the molecule is [CH2]CCC(CCCC)(OCC(C)C)OC(C)(C)C. The van der Waals surface area contributed by atoms with Crippen LogP contribution in [-0.4, -0.2) is 18.0 Å². The molecule has 0 aromatic rings. The predicted octanol–water partition coefficient (Wildman–Crippen LogP) is 4.97. The van der Waals surface area contributed by atoms with Crippen LogP contribution in [0, 0.1) is 12.8 Å². The Bertz CT molecular complexity index is 206. The molecular weight excluding hydrogens is 224 g/mol. The van der Waals surface area contributed by atoms with Crippen molar-refractivity contribution in [2.75, 3.05) is 6.61 Å². The summed E-state index contributed by atoms with van der Waals surface area (Å²) < 4.78 is 12.4. The zero-order valence-corrected chi connectivity index (χ0v) is 13.3. The summed E-state index contributed by atoms with van der Waals surface area (Å²) in [6.07, 6.45) is 4.98. The fourth-order valence-electron chi connectivity index (χ4n) is 1.99. The van der Waals surface area contributed by atoms with Gasteiger partial charge in [-0.3, -0.25) is 0 Å². The molecule has 0 amide bonds. The number of hydrogen-bond donors (Lipinski definition) is 0. The Balaban J connectivity index is 4.76. The lowest BCUT2D eigenvalue weighted by Crippen LogP contribution is -2.43. The maximum Gasteiger partial charge on any atom is 0.168 e. The first-order chi connectivity index (χ1) is 8.24. The molecule has 0 N–H and O–H groups in total. The maximum atomic E-state index is 6.26. The third-order valence-corrected chi connectivity index (χ3v) is 2.64. The molecule has 2 heteroatoms. The van der Waals surface area contributed by atoms with E-state index in [1.807, 2.05) is 0 Å². The molecule has 1 unspecified atom stereocenters. The Morgan fingerprint density at radius 2 is 1.72 bits per heavy atom. The van der Waals surface area contributed by atoms with Crippen molar-refractivity contribution < 1.29 is 9.47 Å². The summed E-state index contributed by atoms with van der Waals surface area (Å²) in [5, 5.41) is 0. The molecule has 1 atom stereocenters. The highest BCUT2D eigenvalue weighted by atomic mass is 16.7. The van der Waals surface area contributed by atoms with Gasteiger partial charge in [-0.25, -0.2) is 0 Å². The van der Waals surface area contributed by atoms with Crippen molar-refractivity contribution in [2.24, 2.45) is 5.92 Å². The fourth-order valence-corrected chi connectivity index (χ4v) is 1.99. The van der Waals surface area contributed by atoms with E-state index in [1.165, 1.54) is 0 Å². The van der Waals surface area contributed by atoms with Crippen LogP contribution >= 0.6 is 0 Å². The minimum Gasteiger partial charge on any atom is -0.350 e. The van der Waals surface area contributed by atoms with Gasteiger partial charge in [0.1, 0.15) is 0 Å². The second-order valence-corrected chi connectivity index (χ2v) is 6.54. The van der Waals surface area contributed by atoms with Crippen molar-refractivity contribution in [3.63, 3.8) is 0 Å². The van der Waals surface area contributed by atoms with Crippen LogP contribution in [0.25, 0.3) is 0 Å². The first-order valence-electron chi connectivity index (χ1n) is 7.38. The molecule has 18 heavy (non-hydrogen) atoms. The summed E-state index contributed by atoms with van der Waals surface area (Å²) in [5.74, 6) is 0.0830. The van der Waals surface area contributed by atoms with Crippen LogP contribution in [0.1, 0.15) is 73.6 Å². The van der Waals surface area contributed by atoms with Crippen LogP contribution in [0.2, 0.25) is 0 Å². The molecule has 0 bridgehead atoms. The highest BCUT2D eigenvalue weighted by Gasteiger charge is 2.35. The van der Waals surface area contributed by atoms with E-state index in [0.29, 0.717) is 5.92 Å². The molecule has 0 rings (SSSR count). The molecule has 0 aliphatic carbocycles. The maximum absolute atomic E-state index is 6.26. The van der Waals surface area contributed by atoms with Gasteiger partial charge in [0.05, 0.1) is 12.2 Å². The van der Waals surface area contributed by atoms with E-state index in [9.17, 15) is 0 Å². The van der Waals surface area contributed by atoms with Crippen molar-refractivity contribution in [1.29, 1.82) is 0 Å². The van der Waals surface area contributed by atoms with Crippen LogP contribution in [0.15, 0.2) is 0 Å². The average Bonchev–Trinajstić information content (AvgIpc) is 2.22. The van der Waals surface area contributed by atoms with Gasteiger partial charge in [0.25, 0.3) is 0 Å². The number of unbranched alkanes of at least 4 members (excludes halogenated alkanes) is 1. The summed E-state index contributed by atoms with van der Waals surface area (Å²) in [6, 6.07) is 0. The molecule has 0 saturated heterocycles. The summed E-state index contributed by atoms with van der Waals surface area (Å²) in [7, 11) is 0. The molecule has 2 nitrogen and oxygen atoms in total. The van der Waals surface area contributed by atoms with Gasteiger partial charge < -0.3 is 9.47 Å². The molecule has 0 spiro atoms. The Labute approximate surface area is 114 Å². The van der Waals surface area contributed by atoms with Crippen LogP contribution in [-0.2, 0) is 9.47 Å². The quantitative estimate of drug-likeness (QED) is 0.543. The first kappa shape index (κ1) is 17.9. The predicted molar refractivity (Wildman–Crippen MR) is 78.5 cm³/mol. The fraction of sp³-hybridized carbons (Fsp3) is 0.938. The zero-order valence-electron chi connectivity index (χ0n) is 13.3. The number of hydrogen-bond acceptors (Lipinski definition) is 2. The van der Waals surface area contributed by atoms with Gasteiger partial charge in [-0.15, -0.1) is 0 Å². The standard InChI is InChI=1S/C16H33O2/c1-8-10-12-16(11-9-2,17-13-14(3)4)18-15(5,6)7/h14H,2,8-13H2,1,3-7H3. The highest BCUT2D eigenvalue weighted by Crippen LogP contribution is 2.32. The molecular formula is C16H33O2. The average molecular weight is 257 g/mol. The first-order valence-corrected chi connectivity index (χ1v) is 7.38. The van der Waals surface area contributed by atoms with E-state index in [1.54, 1.807) is 0 Å². The highest BCUT2D eigenvalue weighted by molar-refractivity contribution is 4.76. The van der Waals surface area contributed by atoms with Crippen LogP contribution in [0.5, 0.6) is 0 Å². The van der Waals surface area contributed by atoms with Crippen LogP contribution in [0.3, 0.4) is 0 Å². The second kappa shape index (κ2) is 8.16. The lowest BCUT2D eigenvalue weighted by molar-refractivity contribution is -0.288. The van der Waals surface area contributed by atoms with E-state index >= 15 is 0 Å². The van der Waals surface area contributed by atoms with Crippen molar-refractivity contribution >= 4 is 0 Å². The monoisotopic (exact) mass is 257 g/mol. The third kappa shape index (κ3) is 8.10. The lowest BCUT2D eigenvalue weighted by Gasteiger charge is -2.40. The van der Waals surface area contributed by atoms with Gasteiger partial charge in [-0.2, -0.15) is 0 Å². The molecule has 0 aromatic carbocycles. The van der Waals surface area contributed by atoms with Gasteiger partial charge in [0.2, 0.25) is 0 Å². The van der Waals surface area contributed by atoms with Gasteiger partial charge in [0, 0.05) is 12.8 Å². The number of rotatable bonds is 9. The van der Waals surface area contributed by atoms with Gasteiger partial charge in [-0.05, 0) is 39.5 Å². The summed E-state index contributed by atoms with van der Waals surface area (Å²) >= 11 is 0. The normalized spacial score (nSPS) is 16.0. The zero-order chi connectivity index (χ0) is 14.2.